The Morgan fingerprint density at radius 3 is 2.60 bits per heavy atom. The summed E-state index contributed by atoms with van der Waals surface area (Å²) in [6.07, 6.45) is -0.753. The fourth-order valence-electron chi connectivity index (χ4n) is 3.11. The second-order valence-electron chi connectivity index (χ2n) is 6.32. The minimum atomic E-state index is -0.719. The van der Waals surface area contributed by atoms with Gasteiger partial charge < -0.3 is 19.7 Å². The lowest BCUT2D eigenvalue weighted by Gasteiger charge is -2.31. The Labute approximate surface area is 153 Å². The standard InChI is InChI=1S/C20H23ClO4/c1-2-24-17-6-3-13(4-7-17)9-15-10-14(5-8-18(15)21)20-19(23)11-16(22)12-25-20/h3-8,10,16,19-20,22-23H,2,9,11-12H2,1H3/t16-,19+,20-/m1/s1. The molecule has 1 saturated heterocycles. The fourth-order valence-corrected chi connectivity index (χ4v) is 3.30. The highest BCUT2D eigenvalue weighted by atomic mass is 35.5. The predicted octanol–water partition coefficient (Wildman–Crippen LogP) is 3.51. The van der Waals surface area contributed by atoms with Crippen LogP contribution in [-0.2, 0) is 11.2 Å². The maximum Gasteiger partial charge on any atom is 0.119 e. The first-order chi connectivity index (χ1) is 12.1. The summed E-state index contributed by atoms with van der Waals surface area (Å²) >= 11 is 6.36. The average molecular weight is 363 g/mol. The van der Waals surface area contributed by atoms with Crippen molar-refractivity contribution in [2.45, 2.75) is 38.1 Å². The van der Waals surface area contributed by atoms with Gasteiger partial charge in [-0.05, 0) is 48.2 Å². The van der Waals surface area contributed by atoms with Crippen LogP contribution in [0.3, 0.4) is 0 Å². The molecule has 0 saturated carbocycles. The van der Waals surface area contributed by atoms with E-state index in [1.807, 2.05) is 49.4 Å². The van der Waals surface area contributed by atoms with Crippen LogP contribution in [0.4, 0.5) is 0 Å². The van der Waals surface area contributed by atoms with Gasteiger partial charge in [-0.25, -0.2) is 0 Å². The second-order valence-corrected chi connectivity index (χ2v) is 6.72. The molecule has 1 aliphatic rings. The van der Waals surface area contributed by atoms with E-state index in [1.165, 1.54) is 0 Å². The molecule has 2 aromatic carbocycles. The molecule has 4 nitrogen and oxygen atoms in total. The van der Waals surface area contributed by atoms with Crippen LogP contribution in [0.5, 0.6) is 5.75 Å². The first-order valence-electron chi connectivity index (χ1n) is 8.54. The number of rotatable bonds is 5. The molecule has 3 atom stereocenters. The molecule has 2 aromatic rings. The molecule has 0 bridgehead atoms. The monoisotopic (exact) mass is 362 g/mol. The van der Waals surface area contributed by atoms with Gasteiger partial charge in [0.1, 0.15) is 11.9 Å². The topological polar surface area (TPSA) is 58.9 Å². The van der Waals surface area contributed by atoms with E-state index in [2.05, 4.69) is 0 Å². The lowest BCUT2D eigenvalue weighted by atomic mass is 9.94. The Morgan fingerprint density at radius 1 is 1.16 bits per heavy atom. The van der Waals surface area contributed by atoms with E-state index in [9.17, 15) is 10.2 Å². The molecule has 0 amide bonds. The van der Waals surface area contributed by atoms with E-state index < -0.39 is 18.3 Å². The Bertz CT molecular complexity index is 701. The van der Waals surface area contributed by atoms with Crippen LogP contribution in [0.15, 0.2) is 42.5 Å². The van der Waals surface area contributed by atoms with E-state index in [0.29, 0.717) is 24.5 Å². The number of aliphatic hydroxyl groups excluding tert-OH is 2. The van der Waals surface area contributed by atoms with Gasteiger partial charge in [-0.15, -0.1) is 0 Å². The molecule has 25 heavy (non-hydrogen) atoms. The molecule has 0 aliphatic carbocycles. The van der Waals surface area contributed by atoms with Crippen molar-refractivity contribution in [2.24, 2.45) is 0 Å². The van der Waals surface area contributed by atoms with Gasteiger partial charge in [0.2, 0.25) is 0 Å². The smallest absolute Gasteiger partial charge is 0.119 e. The molecule has 2 N–H and O–H groups in total. The van der Waals surface area contributed by atoms with Gasteiger partial charge >= 0.3 is 0 Å². The third-order valence-corrected chi connectivity index (χ3v) is 4.73. The third-order valence-electron chi connectivity index (χ3n) is 4.36. The summed E-state index contributed by atoms with van der Waals surface area (Å²) in [4.78, 5) is 0. The van der Waals surface area contributed by atoms with Crippen molar-refractivity contribution in [2.75, 3.05) is 13.2 Å². The van der Waals surface area contributed by atoms with Gasteiger partial charge in [-0.1, -0.05) is 35.9 Å². The van der Waals surface area contributed by atoms with Crippen LogP contribution in [0.2, 0.25) is 5.02 Å². The quantitative estimate of drug-likeness (QED) is 0.854. The maximum absolute atomic E-state index is 10.2. The van der Waals surface area contributed by atoms with Crippen molar-refractivity contribution in [1.82, 2.24) is 0 Å². The molecular weight excluding hydrogens is 340 g/mol. The number of benzene rings is 2. The summed E-state index contributed by atoms with van der Waals surface area (Å²) in [5, 5.41) is 20.5. The lowest BCUT2D eigenvalue weighted by molar-refractivity contribution is -0.125. The molecule has 5 heteroatoms. The Balaban J connectivity index is 1.77. The summed E-state index contributed by atoms with van der Waals surface area (Å²) in [6, 6.07) is 13.6. The van der Waals surface area contributed by atoms with Crippen molar-refractivity contribution in [3.63, 3.8) is 0 Å². The number of aliphatic hydroxyl groups is 2. The van der Waals surface area contributed by atoms with E-state index in [-0.39, 0.29) is 6.61 Å². The predicted molar refractivity (Wildman–Crippen MR) is 97.2 cm³/mol. The molecular formula is C20H23ClO4. The van der Waals surface area contributed by atoms with Gasteiger partial charge in [-0.2, -0.15) is 0 Å². The number of hydrogen-bond donors (Lipinski definition) is 2. The highest BCUT2D eigenvalue weighted by Crippen LogP contribution is 2.31. The fraction of sp³-hybridized carbons (Fsp3) is 0.400. The first-order valence-corrected chi connectivity index (χ1v) is 8.92. The molecule has 1 fully saturated rings. The normalized spacial score (nSPS) is 23.4. The molecule has 134 valence electrons. The first kappa shape index (κ1) is 18.2. The highest BCUT2D eigenvalue weighted by molar-refractivity contribution is 6.31. The summed E-state index contributed by atoms with van der Waals surface area (Å²) in [6.45, 7) is 2.84. The minimum absolute atomic E-state index is 0.235. The van der Waals surface area contributed by atoms with Crippen molar-refractivity contribution in [3.05, 3.63) is 64.2 Å². The van der Waals surface area contributed by atoms with E-state index in [4.69, 9.17) is 21.1 Å². The van der Waals surface area contributed by atoms with Crippen molar-refractivity contribution in [3.8, 4) is 5.75 Å². The van der Waals surface area contributed by atoms with Crippen molar-refractivity contribution in [1.29, 1.82) is 0 Å². The zero-order valence-electron chi connectivity index (χ0n) is 14.2. The summed E-state index contributed by atoms with van der Waals surface area (Å²) in [7, 11) is 0. The summed E-state index contributed by atoms with van der Waals surface area (Å²) < 4.78 is 11.1. The second kappa shape index (κ2) is 8.19. The average Bonchev–Trinajstić information content (AvgIpc) is 2.59. The van der Waals surface area contributed by atoms with E-state index in [0.717, 1.165) is 22.4 Å². The lowest BCUT2D eigenvalue weighted by Crippen LogP contribution is -2.35. The van der Waals surface area contributed by atoms with Crippen LogP contribution in [0, 0.1) is 0 Å². The molecule has 0 unspecified atom stereocenters. The van der Waals surface area contributed by atoms with Gasteiger partial charge in [0.15, 0.2) is 0 Å². The molecule has 0 radical (unpaired) electrons. The van der Waals surface area contributed by atoms with Gasteiger partial charge in [-0.3, -0.25) is 0 Å². The SMILES string of the molecule is CCOc1ccc(Cc2cc([C@H]3OC[C@H](O)C[C@@H]3O)ccc2Cl)cc1. The zero-order chi connectivity index (χ0) is 17.8. The maximum atomic E-state index is 10.2. The number of halogens is 1. The Hall–Kier alpha value is -1.59. The van der Waals surface area contributed by atoms with Crippen LogP contribution in [0.1, 0.15) is 36.1 Å². The summed E-state index contributed by atoms with van der Waals surface area (Å²) in [5.74, 6) is 0.850. The molecule has 1 heterocycles. The largest absolute Gasteiger partial charge is 0.494 e. The van der Waals surface area contributed by atoms with Gasteiger partial charge in [0.25, 0.3) is 0 Å². The van der Waals surface area contributed by atoms with Crippen LogP contribution in [0.25, 0.3) is 0 Å². The van der Waals surface area contributed by atoms with Crippen molar-refractivity contribution >= 4 is 11.6 Å². The Morgan fingerprint density at radius 2 is 1.92 bits per heavy atom. The number of ether oxygens (including phenoxy) is 2. The zero-order valence-corrected chi connectivity index (χ0v) is 14.9. The van der Waals surface area contributed by atoms with Crippen LogP contribution < -0.4 is 4.74 Å². The Kier molecular flexibility index (Phi) is 5.97. The molecule has 0 aromatic heterocycles. The number of hydrogen-bond acceptors (Lipinski definition) is 4. The van der Waals surface area contributed by atoms with Gasteiger partial charge in [0.05, 0.1) is 25.4 Å². The third kappa shape index (κ3) is 4.53. The van der Waals surface area contributed by atoms with Crippen molar-refractivity contribution < 1.29 is 19.7 Å². The molecule has 3 rings (SSSR count). The van der Waals surface area contributed by atoms with Gasteiger partial charge in [0, 0.05) is 11.4 Å². The van der Waals surface area contributed by atoms with E-state index in [1.54, 1.807) is 0 Å². The summed E-state index contributed by atoms with van der Waals surface area (Å²) in [5.41, 5.74) is 2.98. The van der Waals surface area contributed by atoms with Crippen LogP contribution in [-0.4, -0.2) is 35.6 Å². The van der Waals surface area contributed by atoms with E-state index >= 15 is 0 Å². The molecule has 0 spiro atoms. The van der Waals surface area contributed by atoms with Crippen LogP contribution >= 0.6 is 11.6 Å². The molecule has 1 aliphatic heterocycles. The highest BCUT2D eigenvalue weighted by Gasteiger charge is 2.30. The minimum Gasteiger partial charge on any atom is -0.494 e.